The molecule has 0 bridgehead atoms. The number of hydrogen-bond acceptors (Lipinski definition) is 5. The van der Waals surface area contributed by atoms with Crippen molar-refractivity contribution in [3.63, 3.8) is 0 Å². The zero-order chi connectivity index (χ0) is 12.3. The largest absolute Gasteiger partial charge is 0.341 e. The fraction of sp³-hybridized carbons (Fsp3) is 0.300. The molecule has 0 spiro atoms. The number of benzene rings is 1. The van der Waals surface area contributed by atoms with Crippen molar-refractivity contribution in [3.8, 4) is 0 Å². The van der Waals surface area contributed by atoms with Crippen LogP contribution in [0.5, 0.6) is 0 Å². The van der Waals surface area contributed by atoms with Gasteiger partial charge in [0.15, 0.2) is 0 Å². The van der Waals surface area contributed by atoms with Gasteiger partial charge in [0.25, 0.3) is 0 Å². The third-order valence-electron chi connectivity index (χ3n) is 1.87. The number of rotatable bonds is 3. The predicted octanol–water partition coefficient (Wildman–Crippen LogP) is 0.574. The molecule has 16 heavy (non-hydrogen) atoms. The summed E-state index contributed by atoms with van der Waals surface area (Å²) in [4.78, 5) is 11.0. The molecular weight excluding hydrogens is 230 g/mol. The monoisotopic (exact) mass is 243 g/mol. The number of aryl methyl sites for hydroxylation is 1. The summed E-state index contributed by atoms with van der Waals surface area (Å²) in [5, 5.41) is 0. The lowest BCUT2D eigenvalue weighted by molar-refractivity contribution is -0.134. The molecule has 0 amide bonds. The molecule has 5 nitrogen and oxygen atoms in total. The maximum atomic E-state index is 11.6. The van der Waals surface area contributed by atoms with Gasteiger partial charge in [0.2, 0.25) is 0 Å². The van der Waals surface area contributed by atoms with E-state index >= 15 is 0 Å². The number of carbonyl (C=O) groups excluding carboxylic acids is 1. The Morgan fingerprint density at radius 1 is 1.31 bits per heavy atom. The fourth-order valence-corrected chi connectivity index (χ4v) is 1.87. The van der Waals surface area contributed by atoms with Crippen molar-refractivity contribution < 1.29 is 17.4 Å². The minimum absolute atomic E-state index is 0.0629. The summed E-state index contributed by atoms with van der Waals surface area (Å²) in [6.07, 6.45) is 0. The zero-order valence-electron chi connectivity index (χ0n) is 9.01. The van der Waals surface area contributed by atoms with Gasteiger partial charge in [-0.05, 0) is 26.0 Å². The number of carbonyl (C=O) groups is 1. The van der Waals surface area contributed by atoms with E-state index in [4.69, 9.17) is 5.73 Å². The highest BCUT2D eigenvalue weighted by Crippen LogP contribution is 2.13. The summed E-state index contributed by atoms with van der Waals surface area (Å²) >= 11 is 0. The van der Waals surface area contributed by atoms with E-state index in [1.165, 1.54) is 19.1 Å². The average molecular weight is 243 g/mol. The topological polar surface area (TPSA) is 86.5 Å². The van der Waals surface area contributed by atoms with Crippen LogP contribution in [0.2, 0.25) is 0 Å². The van der Waals surface area contributed by atoms with Crippen LogP contribution >= 0.6 is 0 Å². The molecule has 1 rings (SSSR count). The molecule has 0 aromatic heterocycles. The lowest BCUT2D eigenvalue weighted by atomic mass is 10.2. The Morgan fingerprint density at radius 3 is 2.25 bits per heavy atom. The second kappa shape index (κ2) is 4.63. The third-order valence-corrected chi connectivity index (χ3v) is 3.11. The van der Waals surface area contributed by atoms with Gasteiger partial charge in [-0.25, -0.2) is 4.79 Å². The van der Waals surface area contributed by atoms with E-state index in [0.717, 1.165) is 5.56 Å². The summed E-state index contributed by atoms with van der Waals surface area (Å²) in [6.45, 7) is 3.18. The van der Waals surface area contributed by atoms with E-state index in [-0.39, 0.29) is 4.90 Å². The minimum atomic E-state index is -4.05. The van der Waals surface area contributed by atoms with Crippen molar-refractivity contribution in [2.24, 2.45) is 5.73 Å². The van der Waals surface area contributed by atoms with Crippen LogP contribution in [-0.4, -0.2) is 20.4 Å². The first kappa shape index (κ1) is 12.7. The Bertz CT molecular complexity index is 476. The molecule has 0 saturated carbocycles. The molecular formula is C10H13NO4S. The molecule has 0 fully saturated rings. The summed E-state index contributed by atoms with van der Waals surface area (Å²) < 4.78 is 27.5. The average Bonchev–Trinajstić information content (AvgIpc) is 2.17. The molecule has 0 aliphatic rings. The Kier molecular flexibility index (Phi) is 3.66. The maximum Gasteiger partial charge on any atom is 0.341 e. The molecule has 2 N–H and O–H groups in total. The van der Waals surface area contributed by atoms with Gasteiger partial charge in [-0.15, -0.1) is 0 Å². The van der Waals surface area contributed by atoms with Crippen molar-refractivity contribution in [2.45, 2.75) is 24.8 Å². The lowest BCUT2D eigenvalue weighted by Gasteiger charge is -2.07. The Labute approximate surface area is 94.3 Å². The molecule has 0 saturated heterocycles. The Balaban J connectivity index is 2.95. The van der Waals surface area contributed by atoms with E-state index in [9.17, 15) is 13.2 Å². The number of nitrogens with two attached hydrogens (primary N) is 1. The number of hydrogen-bond donors (Lipinski definition) is 1. The van der Waals surface area contributed by atoms with E-state index in [2.05, 4.69) is 4.18 Å². The van der Waals surface area contributed by atoms with Crippen molar-refractivity contribution in [1.29, 1.82) is 0 Å². The Hall–Kier alpha value is -1.40. The lowest BCUT2D eigenvalue weighted by Crippen LogP contribution is -2.30. The second-order valence-electron chi connectivity index (χ2n) is 3.46. The van der Waals surface area contributed by atoms with Crippen LogP contribution in [0.3, 0.4) is 0 Å². The molecule has 1 unspecified atom stereocenters. The summed E-state index contributed by atoms with van der Waals surface area (Å²) in [5.41, 5.74) is 6.12. The van der Waals surface area contributed by atoms with Gasteiger partial charge in [0, 0.05) is 0 Å². The quantitative estimate of drug-likeness (QED) is 0.784. The molecule has 0 aliphatic heterocycles. The smallest absolute Gasteiger partial charge is 0.341 e. The van der Waals surface area contributed by atoms with E-state index < -0.39 is 22.1 Å². The molecule has 0 heterocycles. The van der Waals surface area contributed by atoms with Crippen LogP contribution in [0, 0.1) is 6.92 Å². The van der Waals surface area contributed by atoms with Gasteiger partial charge in [-0.3, -0.25) is 0 Å². The maximum absolute atomic E-state index is 11.6. The van der Waals surface area contributed by atoms with Crippen LogP contribution < -0.4 is 5.73 Å². The van der Waals surface area contributed by atoms with Gasteiger partial charge in [0.05, 0.1) is 0 Å². The highest BCUT2D eigenvalue weighted by atomic mass is 32.2. The summed E-state index contributed by atoms with van der Waals surface area (Å²) in [7, 11) is -4.05. The molecule has 6 heteroatoms. The van der Waals surface area contributed by atoms with Crippen LogP contribution in [0.1, 0.15) is 12.5 Å². The molecule has 1 atom stereocenters. The summed E-state index contributed by atoms with van der Waals surface area (Å²) in [5.74, 6) is -0.972. The molecule has 1 aromatic carbocycles. The first-order chi connectivity index (χ1) is 7.33. The van der Waals surface area contributed by atoms with E-state index in [1.54, 1.807) is 12.1 Å². The molecule has 88 valence electrons. The van der Waals surface area contributed by atoms with Crippen LogP contribution in [0.25, 0.3) is 0 Å². The highest BCUT2D eigenvalue weighted by molar-refractivity contribution is 7.87. The zero-order valence-corrected chi connectivity index (χ0v) is 9.82. The predicted molar refractivity (Wildman–Crippen MR) is 58.1 cm³/mol. The second-order valence-corrected chi connectivity index (χ2v) is 5.00. The van der Waals surface area contributed by atoms with Crippen molar-refractivity contribution >= 4 is 16.1 Å². The van der Waals surface area contributed by atoms with Gasteiger partial charge in [-0.2, -0.15) is 8.42 Å². The molecule has 0 aliphatic carbocycles. The van der Waals surface area contributed by atoms with Gasteiger partial charge < -0.3 is 9.92 Å². The Morgan fingerprint density at radius 2 is 1.81 bits per heavy atom. The van der Waals surface area contributed by atoms with Gasteiger partial charge in [-0.1, -0.05) is 17.7 Å². The van der Waals surface area contributed by atoms with Gasteiger partial charge in [0.1, 0.15) is 10.9 Å². The normalized spacial score (nSPS) is 13.2. The fourth-order valence-electron chi connectivity index (χ4n) is 0.937. The van der Waals surface area contributed by atoms with Crippen LogP contribution in [0.4, 0.5) is 0 Å². The third kappa shape index (κ3) is 3.04. The van der Waals surface area contributed by atoms with Crippen molar-refractivity contribution in [3.05, 3.63) is 29.8 Å². The van der Waals surface area contributed by atoms with Crippen LogP contribution in [0.15, 0.2) is 29.2 Å². The van der Waals surface area contributed by atoms with Crippen molar-refractivity contribution in [1.82, 2.24) is 0 Å². The van der Waals surface area contributed by atoms with E-state index in [1.807, 2.05) is 6.92 Å². The van der Waals surface area contributed by atoms with E-state index in [0.29, 0.717) is 0 Å². The first-order valence-electron chi connectivity index (χ1n) is 4.63. The SMILES string of the molecule is Cc1ccc(S(=O)(=O)OC(=O)C(C)N)cc1. The molecule has 1 aromatic rings. The molecule has 0 radical (unpaired) electrons. The highest BCUT2D eigenvalue weighted by Gasteiger charge is 2.21. The summed E-state index contributed by atoms with van der Waals surface area (Å²) in [6, 6.07) is 5.01. The van der Waals surface area contributed by atoms with Crippen LogP contribution in [-0.2, 0) is 19.1 Å². The standard InChI is InChI=1S/C10H13NO4S/c1-7-3-5-9(6-4-7)16(13,14)15-10(12)8(2)11/h3-6,8H,11H2,1-2H3. The van der Waals surface area contributed by atoms with Crippen molar-refractivity contribution in [2.75, 3.05) is 0 Å². The minimum Gasteiger partial charge on any atom is -0.341 e. The van der Waals surface area contributed by atoms with Gasteiger partial charge >= 0.3 is 16.1 Å². The first-order valence-corrected chi connectivity index (χ1v) is 6.04.